The highest BCUT2D eigenvalue weighted by Crippen LogP contribution is 2.32. The van der Waals surface area contributed by atoms with Crippen molar-refractivity contribution in [2.75, 3.05) is 7.11 Å². The number of methoxy groups -OCH3 is 1. The minimum atomic E-state index is -4.56. The molecule has 0 unspecified atom stereocenters. The molecule has 8 heteroatoms. The molecule has 0 saturated carbocycles. The molecular weight excluding hydrogens is 291 g/mol. The van der Waals surface area contributed by atoms with Crippen LogP contribution in [0, 0.1) is 0 Å². The monoisotopic (exact) mass is 301 g/mol. The molecule has 106 valence electrons. The van der Waals surface area contributed by atoms with Gasteiger partial charge in [0, 0.05) is 5.56 Å². The van der Waals surface area contributed by atoms with Gasteiger partial charge in [-0.15, -0.1) is 0 Å². The van der Waals surface area contributed by atoms with E-state index in [1.54, 1.807) is 24.3 Å². The van der Waals surface area contributed by atoms with Crippen LogP contribution in [-0.4, -0.2) is 22.0 Å². The first-order valence-corrected chi connectivity index (χ1v) is 5.85. The number of rotatable bonds is 2. The van der Waals surface area contributed by atoms with Gasteiger partial charge in [-0.2, -0.15) is 18.3 Å². The number of aromatic nitrogens is 2. The zero-order valence-corrected chi connectivity index (χ0v) is 11.1. The summed E-state index contributed by atoms with van der Waals surface area (Å²) in [4.78, 5) is 0. The Morgan fingerprint density at radius 2 is 1.90 bits per heavy atom. The first-order valence-electron chi connectivity index (χ1n) is 5.44. The topological polar surface area (TPSA) is 53.1 Å². The van der Waals surface area contributed by atoms with Gasteiger partial charge >= 0.3 is 6.18 Å². The van der Waals surface area contributed by atoms with Crippen LogP contribution in [0.25, 0.3) is 11.3 Å². The van der Waals surface area contributed by atoms with Crippen LogP contribution in [0.15, 0.2) is 30.3 Å². The summed E-state index contributed by atoms with van der Waals surface area (Å²) in [6.45, 7) is 0. The number of hydrogen-bond acceptors (Lipinski definition) is 3. The lowest BCUT2D eigenvalue weighted by Crippen LogP contribution is -2.22. The van der Waals surface area contributed by atoms with Gasteiger partial charge in [0.25, 0.3) is 0 Å². The summed E-state index contributed by atoms with van der Waals surface area (Å²) >= 11 is 4.72. The Morgan fingerprint density at radius 1 is 1.30 bits per heavy atom. The SMILES string of the molecule is COc1ccc(-c2cc(C(F)(F)F)nn2C(N)=S)cc1. The van der Waals surface area contributed by atoms with Crippen LogP contribution in [0.4, 0.5) is 13.2 Å². The van der Waals surface area contributed by atoms with Crippen molar-refractivity contribution in [3.8, 4) is 17.0 Å². The van der Waals surface area contributed by atoms with Crippen molar-refractivity contribution in [1.82, 2.24) is 9.78 Å². The lowest BCUT2D eigenvalue weighted by Gasteiger charge is -2.05. The Hall–Kier alpha value is -2.09. The molecule has 0 aliphatic heterocycles. The third-order valence-corrected chi connectivity index (χ3v) is 2.77. The zero-order chi connectivity index (χ0) is 14.9. The third kappa shape index (κ3) is 2.74. The highest BCUT2D eigenvalue weighted by Gasteiger charge is 2.35. The lowest BCUT2D eigenvalue weighted by molar-refractivity contribution is -0.141. The van der Waals surface area contributed by atoms with Crippen LogP contribution in [0.3, 0.4) is 0 Å². The number of nitrogens with two attached hydrogens (primary N) is 1. The van der Waals surface area contributed by atoms with E-state index < -0.39 is 11.9 Å². The van der Waals surface area contributed by atoms with Crippen molar-refractivity contribution >= 4 is 17.3 Å². The second kappa shape index (κ2) is 5.12. The minimum absolute atomic E-state index is 0.174. The summed E-state index contributed by atoms with van der Waals surface area (Å²) in [7, 11) is 1.50. The summed E-state index contributed by atoms with van der Waals surface area (Å²) < 4.78 is 44.0. The highest BCUT2D eigenvalue weighted by molar-refractivity contribution is 7.80. The number of thiocarbonyl (C=S) groups is 1. The van der Waals surface area contributed by atoms with E-state index in [1.807, 2.05) is 0 Å². The number of nitrogens with zero attached hydrogens (tertiary/aromatic N) is 2. The molecule has 20 heavy (non-hydrogen) atoms. The molecule has 1 aromatic carbocycles. The van der Waals surface area contributed by atoms with E-state index in [9.17, 15) is 13.2 Å². The maximum absolute atomic E-state index is 12.7. The molecule has 0 spiro atoms. The van der Waals surface area contributed by atoms with Crippen LogP contribution in [0.5, 0.6) is 5.75 Å². The predicted octanol–water partition coefficient (Wildman–Crippen LogP) is 2.67. The molecule has 0 atom stereocenters. The van der Waals surface area contributed by atoms with E-state index >= 15 is 0 Å². The summed E-state index contributed by atoms with van der Waals surface area (Å²) in [5.41, 5.74) is 5.03. The van der Waals surface area contributed by atoms with Crippen molar-refractivity contribution < 1.29 is 17.9 Å². The van der Waals surface area contributed by atoms with Crippen molar-refractivity contribution in [2.45, 2.75) is 6.18 Å². The van der Waals surface area contributed by atoms with Crippen molar-refractivity contribution in [1.29, 1.82) is 0 Å². The summed E-state index contributed by atoms with van der Waals surface area (Å²) in [6, 6.07) is 7.36. The number of halogens is 3. The molecule has 0 aliphatic rings. The Balaban J connectivity index is 2.53. The van der Waals surface area contributed by atoms with E-state index in [1.165, 1.54) is 7.11 Å². The van der Waals surface area contributed by atoms with Crippen molar-refractivity contribution in [2.24, 2.45) is 5.73 Å². The standard InChI is InChI=1S/C12H10F3N3OS/c1-19-8-4-2-7(3-5-8)9-6-10(12(13,14)15)17-18(9)11(16)20/h2-6H,1H3,(H2,16,20). The fourth-order valence-corrected chi connectivity index (χ4v) is 1.79. The van der Waals surface area contributed by atoms with Gasteiger partial charge in [-0.25, -0.2) is 4.68 Å². The summed E-state index contributed by atoms with van der Waals surface area (Å²) in [5, 5.41) is 3.14. The van der Waals surface area contributed by atoms with Gasteiger partial charge in [0.15, 0.2) is 10.8 Å². The van der Waals surface area contributed by atoms with Gasteiger partial charge in [0.2, 0.25) is 0 Å². The van der Waals surface area contributed by atoms with Gasteiger partial charge in [-0.05, 0) is 42.5 Å². The quantitative estimate of drug-likeness (QED) is 0.867. The third-order valence-electron chi connectivity index (χ3n) is 2.59. The first kappa shape index (κ1) is 14.3. The Labute approximate surface area is 117 Å². The Kier molecular flexibility index (Phi) is 3.67. The van der Waals surface area contributed by atoms with Gasteiger partial charge < -0.3 is 10.5 Å². The molecule has 0 fully saturated rings. The maximum Gasteiger partial charge on any atom is 0.435 e. The molecule has 4 nitrogen and oxygen atoms in total. The molecule has 1 aromatic heterocycles. The second-order valence-electron chi connectivity index (χ2n) is 3.89. The lowest BCUT2D eigenvalue weighted by atomic mass is 10.1. The Morgan fingerprint density at radius 3 is 2.35 bits per heavy atom. The number of benzene rings is 1. The molecule has 0 amide bonds. The molecule has 2 aromatic rings. The molecule has 2 N–H and O–H groups in total. The molecular formula is C12H10F3N3OS. The van der Waals surface area contributed by atoms with Crippen LogP contribution in [0.2, 0.25) is 0 Å². The van der Waals surface area contributed by atoms with E-state index in [4.69, 9.17) is 22.7 Å². The normalized spacial score (nSPS) is 11.4. The van der Waals surface area contributed by atoms with Crippen LogP contribution >= 0.6 is 12.2 Å². The average Bonchev–Trinajstić information content (AvgIpc) is 2.84. The van der Waals surface area contributed by atoms with Crippen LogP contribution in [-0.2, 0) is 6.18 Å². The van der Waals surface area contributed by atoms with Crippen molar-refractivity contribution in [3.05, 3.63) is 36.0 Å². The molecule has 0 radical (unpaired) electrons. The van der Waals surface area contributed by atoms with Crippen LogP contribution in [0.1, 0.15) is 5.69 Å². The van der Waals surface area contributed by atoms with E-state index in [0.29, 0.717) is 11.3 Å². The molecule has 0 aliphatic carbocycles. The fourth-order valence-electron chi connectivity index (χ4n) is 1.66. The summed E-state index contributed by atoms with van der Waals surface area (Å²) in [5.74, 6) is 0.589. The van der Waals surface area contributed by atoms with Gasteiger partial charge in [0.1, 0.15) is 5.75 Å². The van der Waals surface area contributed by atoms with Gasteiger partial charge in [0.05, 0.1) is 12.8 Å². The fraction of sp³-hybridized carbons (Fsp3) is 0.167. The number of hydrogen-bond donors (Lipinski definition) is 1. The second-order valence-corrected chi connectivity index (χ2v) is 4.31. The molecule has 0 bridgehead atoms. The molecule has 2 rings (SSSR count). The van der Waals surface area contributed by atoms with E-state index in [-0.39, 0.29) is 10.8 Å². The van der Waals surface area contributed by atoms with Gasteiger partial charge in [-0.3, -0.25) is 0 Å². The zero-order valence-electron chi connectivity index (χ0n) is 10.3. The van der Waals surface area contributed by atoms with E-state index in [0.717, 1.165) is 10.7 Å². The smallest absolute Gasteiger partial charge is 0.435 e. The Bertz CT molecular complexity index is 634. The average molecular weight is 301 g/mol. The molecule has 1 heterocycles. The van der Waals surface area contributed by atoms with Crippen molar-refractivity contribution in [3.63, 3.8) is 0 Å². The summed E-state index contributed by atoms with van der Waals surface area (Å²) in [6.07, 6.45) is -4.56. The predicted molar refractivity (Wildman–Crippen MR) is 71.4 cm³/mol. The highest BCUT2D eigenvalue weighted by atomic mass is 32.1. The molecule has 0 saturated heterocycles. The maximum atomic E-state index is 12.7. The number of alkyl halides is 3. The largest absolute Gasteiger partial charge is 0.497 e. The minimum Gasteiger partial charge on any atom is -0.497 e. The van der Waals surface area contributed by atoms with Gasteiger partial charge in [-0.1, -0.05) is 0 Å². The van der Waals surface area contributed by atoms with Crippen LogP contribution < -0.4 is 10.5 Å². The number of ether oxygens (including phenoxy) is 1. The first-order chi connectivity index (χ1) is 9.32. The van der Waals surface area contributed by atoms with E-state index in [2.05, 4.69) is 5.10 Å².